The van der Waals surface area contributed by atoms with Gasteiger partial charge in [-0.25, -0.2) is 0 Å². The fourth-order valence-electron chi connectivity index (χ4n) is 5.46. The van der Waals surface area contributed by atoms with Crippen molar-refractivity contribution in [1.29, 1.82) is 0 Å². The van der Waals surface area contributed by atoms with Crippen molar-refractivity contribution < 1.29 is 10.2 Å². The molecule has 0 spiro atoms. The average molecular weight is 495 g/mol. The molecule has 2 aliphatic rings. The second-order valence-electron chi connectivity index (χ2n) is 9.96. The summed E-state index contributed by atoms with van der Waals surface area (Å²) in [4.78, 5) is 0. The molecule has 0 bridgehead atoms. The molecule has 2 N–H and O–H groups in total. The molecular weight excluding hydrogens is 464 g/mol. The van der Waals surface area contributed by atoms with Crippen LogP contribution in [0.1, 0.15) is 36.8 Å². The molecule has 0 saturated heterocycles. The summed E-state index contributed by atoms with van der Waals surface area (Å²) in [5.41, 5.74) is 11.5. The van der Waals surface area contributed by atoms with E-state index in [-0.39, 0.29) is 0 Å². The quantitative estimate of drug-likeness (QED) is 0.290. The first-order valence-electron chi connectivity index (χ1n) is 13.2. The van der Waals surface area contributed by atoms with Crippen LogP contribution < -0.4 is 0 Å². The Hall–Kier alpha value is -4.56. The van der Waals surface area contributed by atoms with Gasteiger partial charge in [0, 0.05) is 11.1 Å². The molecule has 0 unspecified atom stereocenters. The van der Waals surface area contributed by atoms with Crippen LogP contribution in [0.4, 0.5) is 0 Å². The number of phenolic OH excluding ortho intramolecular Hbond substituents is 2. The fourth-order valence-corrected chi connectivity index (χ4v) is 5.46. The molecule has 0 atom stereocenters. The Bertz CT molecular complexity index is 1480. The van der Waals surface area contributed by atoms with Gasteiger partial charge in [0.1, 0.15) is 11.5 Å². The summed E-state index contributed by atoms with van der Waals surface area (Å²) in [6.07, 6.45) is 13.0. The molecule has 0 aromatic heterocycles. The second kappa shape index (κ2) is 10.4. The van der Waals surface area contributed by atoms with Crippen LogP contribution in [-0.4, -0.2) is 10.2 Å². The summed E-state index contributed by atoms with van der Waals surface area (Å²) >= 11 is 0. The third kappa shape index (κ3) is 4.86. The lowest BCUT2D eigenvalue weighted by atomic mass is 9.84. The standard InChI is InChI=1S/C36H30O2/c37-35-21-19-31(23-33(35)29-7-3-1-4-8-29)27-15-11-25(12-16-27)26-13-17-28(18-14-26)32-20-22-36(38)34(24-32)30-9-5-2-6-10-30/h1-11,13,15,17,19-24,37-38H,12,14,16,18H2. The summed E-state index contributed by atoms with van der Waals surface area (Å²) in [6, 6.07) is 32.0. The lowest BCUT2D eigenvalue weighted by Crippen LogP contribution is -2.01. The van der Waals surface area contributed by atoms with Gasteiger partial charge in [0.15, 0.2) is 0 Å². The van der Waals surface area contributed by atoms with E-state index >= 15 is 0 Å². The molecule has 0 fully saturated rings. The second-order valence-corrected chi connectivity index (χ2v) is 9.96. The van der Waals surface area contributed by atoms with Crippen molar-refractivity contribution in [3.8, 4) is 33.8 Å². The zero-order valence-electron chi connectivity index (χ0n) is 21.3. The van der Waals surface area contributed by atoms with Crippen LogP contribution in [0.5, 0.6) is 11.5 Å². The molecule has 4 aromatic carbocycles. The molecule has 6 rings (SSSR count). The van der Waals surface area contributed by atoms with Gasteiger partial charge >= 0.3 is 0 Å². The Morgan fingerprint density at radius 3 is 1.11 bits per heavy atom. The lowest BCUT2D eigenvalue weighted by Gasteiger charge is -2.21. The van der Waals surface area contributed by atoms with Gasteiger partial charge in [-0.15, -0.1) is 0 Å². The number of phenols is 2. The molecule has 2 nitrogen and oxygen atoms in total. The van der Waals surface area contributed by atoms with E-state index in [1.807, 2.05) is 72.8 Å². The first-order valence-corrected chi connectivity index (χ1v) is 13.2. The number of aromatic hydroxyl groups is 2. The van der Waals surface area contributed by atoms with Crippen molar-refractivity contribution in [2.24, 2.45) is 0 Å². The van der Waals surface area contributed by atoms with E-state index in [2.05, 4.69) is 36.4 Å². The smallest absolute Gasteiger partial charge is 0.123 e. The Kier molecular flexibility index (Phi) is 6.54. The average Bonchev–Trinajstić information content (AvgIpc) is 2.99. The lowest BCUT2D eigenvalue weighted by molar-refractivity contribution is 0.476. The van der Waals surface area contributed by atoms with Gasteiger partial charge in [-0.05, 0) is 94.5 Å². The van der Waals surface area contributed by atoms with Crippen molar-refractivity contribution in [2.45, 2.75) is 25.7 Å². The molecule has 0 aliphatic heterocycles. The topological polar surface area (TPSA) is 40.5 Å². The number of hydrogen-bond donors (Lipinski definition) is 2. The minimum Gasteiger partial charge on any atom is -0.507 e. The highest BCUT2D eigenvalue weighted by Crippen LogP contribution is 2.39. The van der Waals surface area contributed by atoms with Crippen LogP contribution in [0.3, 0.4) is 0 Å². The fraction of sp³-hybridized carbons (Fsp3) is 0.111. The van der Waals surface area contributed by atoms with Crippen LogP contribution in [-0.2, 0) is 0 Å². The van der Waals surface area contributed by atoms with Crippen molar-refractivity contribution in [1.82, 2.24) is 0 Å². The van der Waals surface area contributed by atoms with E-state index in [9.17, 15) is 10.2 Å². The van der Waals surface area contributed by atoms with E-state index in [0.29, 0.717) is 11.5 Å². The van der Waals surface area contributed by atoms with E-state index in [1.54, 1.807) is 12.1 Å². The number of rotatable bonds is 5. The number of hydrogen-bond acceptors (Lipinski definition) is 2. The Morgan fingerprint density at radius 1 is 0.368 bits per heavy atom. The summed E-state index contributed by atoms with van der Waals surface area (Å²) in [5.74, 6) is 0.624. The van der Waals surface area contributed by atoms with Crippen LogP contribution >= 0.6 is 0 Å². The molecule has 0 heterocycles. The number of allylic oxidation sites excluding steroid dienone is 8. The minimum atomic E-state index is 0.312. The SMILES string of the molecule is Oc1ccc(C2=CC=C(C3=CC=C(c4ccc(O)c(-c5ccccc5)c4)CC3)CC2)cc1-c1ccccc1. The molecular formula is C36H30O2. The van der Waals surface area contributed by atoms with E-state index in [0.717, 1.165) is 47.9 Å². The van der Waals surface area contributed by atoms with Crippen molar-refractivity contribution in [3.63, 3.8) is 0 Å². The molecule has 2 aliphatic carbocycles. The Morgan fingerprint density at radius 2 is 0.737 bits per heavy atom. The highest BCUT2D eigenvalue weighted by atomic mass is 16.3. The maximum Gasteiger partial charge on any atom is 0.123 e. The summed E-state index contributed by atoms with van der Waals surface area (Å²) in [7, 11) is 0. The zero-order valence-corrected chi connectivity index (χ0v) is 21.3. The third-order valence-corrected chi connectivity index (χ3v) is 7.62. The van der Waals surface area contributed by atoms with Crippen molar-refractivity contribution in [3.05, 3.63) is 144 Å². The minimum absolute atomic E-state index is 0.312. The number of benzene rings is 4. The molecule has 38 heavy (non-hydrogen) atoms. The molecule has 2 heteroatoms. The highest BCUT2D eigenvalue weighted by Gasteiger charge is 2.17. The molecule has 0 radical (unpaired) electrons. The van der Waals surface area contributed by atoms with Gasteiger partial charge in [0.2, 0.25) is 0 Å². The third-order valence-electron chi connectivity index (χ3n) is 7.62. The molecule has 186 valence electrons. The maximum absolute atomic E-state index is 10.4. The van der Waals surface area contributed by atoms with Crippen LogP contribution in [0, 0.1) is 0 Å². The van der Waals surface area contributed by atoms with Crippen LogP contribution in [0.15, 0.2) is 133 Å². The van der Waals surface area contributed by atoms with E-state index in [4.69, 9.17) is 0 Å². The highest BCUT2D eigenvalue weighted by molar-refractivity contribution is 5.80. The molecule has 0 saturated carbocycles. The summed E-state index contributed by atoms with van der Waals surface area (Å²) in [6.45, 7) is 0. The van der Waals surface area contributed by atoms with Gasteiger partial charge in [-0.1, -0.05) is 97.1 Å². The van der Waals surface area contributed by atoms with Gasteiger partial charge in [-0.3, -0.25) is 0 Å². The largest absolute Gasteiger partial charge is 0.507 e. The summed E-state index contributed by atoms with van der Waals surface area (Å²) in [5, 5.41) is 20.9. The van der Waals surface area contributed by atoms with Crippen LogP contribution in [0.25, 0.3) is 33.4 Å². The van der Waals surface area contributed by atoms with Gasteiger partial charge in [0.25, 0.3) is 0 Å². The van der Waals surface area contributed by atoms with E-state index < -0.39 is 0 Å². The van der Waals surface area contributed by atoms with Gasteiger partial charge in [0.05, 0.1) is 0 Å². The zero-order chi connectivity index (χ0) is 25.9. The van der Waals surface area contributed by atoms with Crippen LogP contribution in [0.2, 0.25) is 0 Å². The Labute approximate surface area is 224 Å². The van der Waals surface area contributed by atoms with E-state index in [1.165, 1.54) is 33.4 Å². The van der Waals surface area contributed by atoms with Gasteiger partial charge < -0.3 is 10.2 Å². The maximum atomic E-state index is 10.4. The molecule has 4 aromatic rings. The first kappa shape index (κ1) is 23.8. The summed E-state index contributed by atoms with van der Waals surface area (Å²) < 4.78 is 0. The predicted molar refractivity (Wildman–Crippen MR) is 158 cm³/mol. The Balaban J connectivity index is 1.23. The van der Waals surface area contributed by atoms with Gasteiger partial charge in [-0.2, -0.15) is 0 Å². The van der Waals surface area contributed by atoms with Crippen molar-refractivity contribution in [2.75, 3.05) is 0 Å². The predicted octanol–water partition coefficient (Wildman–Crippen LogP) is 9.34. The monoisotopic (exact) mass is 494 g/mol. The first-order chi connectivity index (χ1) is 18.7. The van der Waals surface area contributed by atoms with Crippen molar-refractivity contribution >= 4 is 11.1 Å². The molecule has 0 amide bonds. The normalized spacial score (nSPS) is 15.3.